The van der Waals surface area contributed by atoms with Gasteiger partial charge in [0.05, 0.1) is 0 Å². The van der Waals surface area contributed by atoms with Crippen molar-refractivity contribution in [1.82, 2.24) is 5.32 Å². The molecule has 9 unspecified atom stereocenters. The summed E-state index contributed by atoms with van der Waals surface area (Å²) in [4.78, 5) is 38.2. The molecule has 2 amide bonds. The van der Waals surface area contributed by atoms with E-state index in [4.69, 9.17) is 10.5 Å². The van der Waals surface area contributed by atoms with Gasteiger partial charge in [0.15, 0.2) is 5.78 Å². The third-order valence-electron chi connectivity index (χ3n) is 13.2. The zero-order chi connectivity index (χ0) is 28.1. The van der Waals surface area contributed by atoms with Crippen LogP contribution in [0.3, 0.4) is 0 Å². The summed E-state index contributed by atoms with van der Waals surface area (Å²) in [6.45, 7) is 17.8. The first kappa shape index (κ1) is 27.7. The molecular weight excluding hydrogens is 476 g/mol. The van der Waals surface area contributed by atoms with Crippen LogP contribution in [0.1, 0.15) is 113 Å². The van der Waals surface area contributed by atoms with Gasteiger partial charge in [-0.3, -0.25) is 9.59 Å². The molecule has 6 heteroatoms. The first-order chi connectivity index (χ1) is 17.4. The summed E-state index contributed by atoms with van der Waals surface area (Å²) in [6.07, 6.45) is 10.8. The fourth-order valence-corrected chi connectivity index (χ4v) is 11.0. The van der Waals surface area contributed by atoms with Crippen LogP contribution >= 0.6 is 0 Å². The maximum Gasteiger partial charge on any atom is 0.312 e. The Hall–Kier alpha value is -1.85. The molecule has 9 atom stereocenters. The number of fused-ring (bicyclic) bond motifs is 7. The normalized spacial score (nSPS) is 49.4. The second-order valence-corrected chi connectivity index (χ2v) is 15.7. The summed E-state index contributed by atoms with van der Waals surface area (Å²) in [5.74, 6) is 0.628. The van der Waals surface area contributed by atoms with Gasteiger partial charge in [0.1, 0.15) is 6.10 Å². The molecule has 5 rings (SSSR count). The molecule has 0 bridgehead atoms. The lowest BCUT2D eigenvalue weighted by atomic mass is 9.33. The summed E-state index contributed by atoms with van der Waals surface area (Å²) in [5, 5.41) is 3.05. The number of urea groups is 1. The standard InChI is InChI=1S/C32H50N2O4/c1-19(35)38-24-10-11-30(6)23(27(24,2)3)9-12-32(8)25(30)22(36)17-20-21-18-29(5,34-26(33)37)15-13-28(21,4)14-16-31(20,32)7/h17,21,23-25H,9-16,18H2,1-8H3,(H3,33,34,37). The van der Waals surface area contributed by atoms with E-state index in [1.807, 2.05) is 0 Å². The zero-order valence-corrected chi connectivity index (χ0v) is 25.0. The lowest BCUT2D eigenvalue weighted by molar-refractivity contribution is -0.210. The molecule has 0 heterocycles. The van der Waals surface area contributed by atoms with Crippen LogP contribution in [-0.4, -0.2) is 29.4 Å². The SMILES string of the molecule is CC(=O)OC1CCC2(C)C(CCC3(C)C2C(=O)C=C2C4CC(C)(NC(N)=O)CCC4(C)CCC23C)C1(C)C. The van der Waals surface area contributed by atoms with E-state index < -0.39 is 6.03 Å². The van der Waals surface area contributed by atoms with E-state index in [9.17, 15) is 14.4 Å². The van der Waals surface area contributed by atoms with Gasteiger partial charge < -0.3 is 15.8 Å². The van der Waals surface area contributed by atoms with Gasteiger partial charge in [-0.1, -0.05) is 47.1 Å². The number of ether oxygens (including phenoxy) is 1. The van der Waals surface area contributed by atoms with Gasteiger partial charge in [0, 0.05) is 23.8 Å². The molecule has 6 nitrogen and oxygen atoms in total. The highest BCUT2D eigenvalue weighted by Gasteiger charge is 2.70. The van der Waals surface area contributed by atoms with Crippen molar-refractivity contribution >= 4 is 17.8 Å². The van der Waals surface area contributed by atoms with E-state index in [1.165, 1.54) is 12.5 Å². The Balaban J connectivity index is 1.56. The molecule has 0 aromatic heterocycles. The Morgan fingerprint density at radius 1 is 0.947 bits per heavy atom. The van der Waals surface area contributed by atoms with E-state index in [1.54, 1.807) is 0 Å². The average Bonchev–Trinajstić information content (AvgIpc) is 2.77. The Labute approximate surface area is 229 Å². The van der Waals surface area contributed by atoms with Crippen molar-refractivity contribution in [2.75, 3.05) is 0 Å². The molecule has 0 aromatic carbocycles. The number of primary amides is 1. The van der Waals surface area contributed by atoms with Crippen LogP contribution in [0, 0.1) is 44.8 Å². The minimum atomic E-state index is -0.464. The van der Waals surface area contributed by atoms with Gasteiger partial charge >= 0.3 is 12.0 Å². The molecule has 4 fully saturated rings. The molecule has 0 spiro atoms. The summed E-state index contributed by atoms with van der Waals surface area (Å²) in [7, 11) is 0. The van der Waals surface area contributed by atoms with Crippen molar-refractivity contribution in [2.24, 2.45) is 50.6 Å². The average molecular weight is 527 g/mol. The van der Waals surface area contributed by atoms with Crippen LogP contribution in [0.4, 0.5) is 4.79 Å². The molecular formula is C32H50N2O4. The largest absolute Gasteiger partial charge is 0.462 e. The van der Waals surface area contributed by atoms with E-state index in [0.717, 1.165) is 57.8 Å². The number of carbonyl (C=O) groups excluding carboxylic acids is 3. The first-order valence-electron chi connectivity index (χ1n) is 14.9. The molecule has 0 radical (unpaired) electrons. The maximum absolute atomic E-state index is 14.4. The summed E-state index contributed by atoms with van der Waals surface area (Å²) in [6, 6.07) is -0.464. The van der Waals surface area contributed by atoms with Gasteiger partial charge in [-0.15, -0.1) is 0 Å². The number of nitrogens with one attached hydrogen (secondary N) is 1. The highest BCUT2D eigenvalue weighted by molar-refractivity contribution is 5.95. The maximum atomic E-state index is 14.4. The second kappa shape index (κ2) is 8.33. The topological polar surface area (TPSA) is 98.5 Å². The smallest absolute Gasteiger partial charge is 0.312 e. The Morgan fingerprint density at radius 3 is 2.24 bits per heavy atom. The van der Waals surface area contributed by atoms with Gasteiger partial charge in [0.25, 0.3) is 0 Å². The predicted molar refractivity (Wildman–Crippen MR) is 148 cm³/mol. The lowest BCUT2D eigenvalue weighted by Gasteiger charge is -2.70. The highest BCUT2D eigenvalue weighted by atomic mass is 16.5. The number of allylic oxidation sites excluding steroid dienone is 2. The van der Waals surface area contributed by atoms with Crippen molar-refractivity contribution < 1.29 is 19.1 Å². The van der Waals surface area contributed by atoms with E-state index in [2.05, 4.69) is 59.9 Å². The molecule has 0 aromatic rings. The molecule has 5 aliphatic rings. The van der Waals surface area contributed by atoms with Crippen LogP contribution in [0.2, 0.25) is 0 Å². The van der Waals surface area contributed by atoms with Crippen molar-refractivity contribution in [3.05, 3.63) is 11.6 Å². The number of rotatable bonds is 2. The fraction of sp³-hybridized carbons (Fsp3) is 0.844. The fourth-order valence-electron chi connectivity index (χ4n) is 11.0. The van der Waals surface area contributed by atoms with E-state index in [-0.39, 0.29) is 56.5 Å². The minimum Gasteiger partial charge on any atom is -0.462 e. The number of carbonyl (C=O) groups is 3. The third-order valence-corrected chi connectivity index (χ3v) is 13.2. The Bertz CT molecular complexity index is 1100. The number of hydrogen-bond acceptors (Lipinski definition) is 4. The van der Waals surface area contributed by atoms with Gasteiger partial charge in [0.2, 0.25) is 0 Å². The summed E-state index contributed by atoms with van der Waals surface area (Å²) in [5.41, 5.74) is 6.21. The van der Waals surface area contributed by atoms with Crippen LogP contribution in [0.5, 0.6) is 0 Å². The Kier molecular flexibility index (Phi) is 6.07. The van der Waals surface area contributed by atoms with Gasteiger partial charge in [-0.2, -0.15) is 0 Å². The molecule has 38 heavy (non-hydrogen) atoms. The van der Waals surface area contributed by atoms with E-state index in [0.29, 0.717) is 11.7 Å². The number of ketones is 1. The predicted octanol–water partition coefficient (Wildman–Crippen LogP) is 6.32. The number of nitrogens with two attached hydrogens (primary N) is 1. The van der Waals surface area contributed by atoms with Gasteiger partial charge in [-0.25, -0.2) is 4.79 Å². The number of esters is 1. The molecule has 0 aliphatic heterocycles. The molecule has 4 saturated carbocycles. The second-order valence-electron chi connectivity index (χ2n) is 15.7. The zero-order valence-electron chi connectivity index (χ0n) is 25.0. The lowest BCUT2D eigenvalue weighted by Crippen LogP contribution is -2.67. The van der Waals surface area contributed by atoms with Crippen molar-refractivity contribution in [3.8, 4) is 0 Å². The minimum absolute atomic E-state index is 0.0388. The summed E-state index contributed by atoms with van der Waals surface area (Å²) < 4.78 is 5.84. The third kappa shape index (κ3) is 3.67. The molecule has 5 aliphatic carbocycles. The molecule has 212 valence electrons. The monoisotopic (exact) mass is 526 g/mol. The van der Waals surface area contributed by atoms with Crippen LogP contribution in [0.15, 0.2) is 11.6 Å². The number of hydrogen-bond donors (Lipinski definition) is 2. The van der Waals surface area contributed by atoms with E-state index >= 15 is 0 Å². The van der Waals surface area contributed by atoms with Crippen LogP contribution < -0.4 is 11.1 Å². The first-order valence-corrected chi connectivity index (χ1v) is 14.9. The summed E-state index contributed by atoms with van der Waals surface area (Å²) >= 11 is 0. The molecule has 3 N–H and O–H groups in total. The van der Waals surface area contributed by atoms with Crippen LogP contribution in [0.25, 0.3) is 0 Å². The Morgan fingerprint density at radius 2 is 1.61 bits per heavy atom. The number of amides is 2. The highest BCUT2D eigenvalue weighted by Crippen LogP contribution is 2.74. The van der Waals surface area contributed by atoms with Gasteiger partial charge in [-0.05, 0) is 104 Å². The van der Waals surface area contributed by atoms with Crippen molar-refractivity contribution in [2.45, 2.75) is 125 Å². The van der Waals surface area contributed by atoms with Crippen LogP contribution in [-0.2, 0) is 14.3 Å². The molecule has 0 saturated heterocycles. The van der Waals surface area contributed by atoms with Crippen molar-refractivity contribution in [1.29, 1.82) is 0 Å². The van der Waals surface area contributed by atoms with Crippen molar-refractivity contribution in [3.63, 3.8) is 0 Å². The quantitative estimate of drug-likeness (QED) is 0.411.